The standard InChI is InChI=1S/C32H33ClN6O4/c1-7-25(40)37-15-20(6)38(16-19(37)5)29-23-14-24(33)27(21-10-8-9-11-22(21)31(41)42)35-30(23)39(32(43)36-29)28-18(4)12-13-34-26(28)17(2)3/h7-14,17,19-20H,1,15-16H2,2-6H3,(H,41,42)/t19-,20+/m1/s1. The second-order valence-electron chi connectivity index (χ2n) is 11.2. The minimum Gasteiger partial charge on any atom is -0.478 e. The number of aromatic nitrogens is 4. The zero-order chi connectivity index (χ0) is 31.2. The molecule has 2 atom stereocenters. The van der Waals surface area contributed by atoms with E-state index in [2.05, 4.69) is 16.5 Å². The van der Waals surface area contributed by atoms with Gasteiger partial charge >= 0.3 is 11.7 Å². The number of anilines is 1. The summed E-state index contributed by atoms with van der Waals surface area (Å²) in [5.41, 5.74) is 2.37. The van der Waals surface area contributed by atoms with E-state index in [9.17, 15) is 19.5 Å². The van der Waals surface area contributed by atoms with Crippen LogP contribution >= 0.6 is 11.6 Å². The molecule has 10 nitrogen and oxygen atoms in total. The van der Waals surface area contributed by atoms with Crippen LogP contribution in [0.25, 0.3) is 28.0 Å². The lowest BCUT2D eigenvalue weighted by molar-refractivity contribution is -0.128. The Labute approximate surface area is 254 Å². The van der Waals surface area contributed by atoms with Gasteiger partial charge in [-0.15, -0.1) is 0 Å². The first-order chi connectivity index (χ1) is 20.4. The third kappa shape index (κ3) is 5.27. The van der Waals surface area contributed by atoms with Gasteiger partial charge in [0.05, 0.1) is 33.0 Å². The number of hydrogen-bond donors (Lipinski definition) is 1. The van der Waals surface area contributed by atoms with Crippen LogP contribution in [0.5, 0.6) is 0 Å². The number of pyridine rings is 2. The quantitative estimate of drug-likeness (QED) is 0.298. The number of piperazine rings is 1. The molecular weight excluding hydrogens is 568 g/mol. The number of aromatic carboxylic acids is 1. The first-order valence-electron chi connectivity index (χ1n) is 14.1. The first-order valence-corrected chi connectivity index (χ1v) is 14.4. The lowest BCUT2D eigenvalue weighted by Gasteiger charge is -2.44. The maximum absolute atomic E-state index is 14.1. The average molecular weight is 601 g/mol. The lowest BCUT2D eigenvalue weighted by Crippen LogP contribution is -2.58. The zero-order valence-electron chi connectivity index (χ0n) is 24.7. The van der Waals surface area contributed by atoms with Gasteiger partial charge in [0.2, 0.25) is 5.91 Å². The van der Waals surface area contributed by atoms with Crippen molar-refractivity contribution in [2.45, 2.75) is 52.6 Å². The fraction of sp³-hybridized carbons (Fsp3) is 0.312. The highest BCUT2D eigenvalue weighted by atomic mass is 35.5. The van der Waals surface area contributed by atoms with E-state index in [4.69, 9.17) is 16.6 Å². The Kier molecular flexibility index (Phi) is 8.07. The molecule has 1 amide bonds. The van der Waals surface area contributed by atoms with Gasteiger partial charge in [-0.25, -0.2) is 19.1 Å². The van der Waals surface area contributed by atoms with E-state index in [1.165, 1.54) is 16.7 Å². The molecule has 1 saturated heterocycles. The number of halogens is 1. The van der Waals surface area contributed by atoms with E-state index >= 15 is 0 Å². The Balaban J connectivity index is 1.85. The predicted octanol–water partition coefficient (Wildman–Crippen LogP) is 5.24. The van der Waals surface area contributed by atoms with Gasteiger partial charge in [-0.05, 0) is 56.5 Å². The summed E-state index contributed by atoms with van der Waals surface area (Å²) in [7, 11) is 0. The molecular formula is C32H33ClN6O4. The number of hydrogen-bond acceptors (Lipinski definition) is 7. The number of aryl methyl sites for hydroxylation is 1. The van der Waals surface area contributed by atoms with E-state index in [1.807, 2.05) is 45.6 Å². The number of nitrogens with zero attached hydrogens (tertiary/aromatic N) is 6. The highest BCUT2D eigenvalue weighted by molar-refractivity contribution is 6.34. The number of rotatable bonds is 6. The molecule has 222 valence electrons. The third-order valence-electron chi connectivity index (χ3n) is 7.85. The van der Waals surface area contributed by atoms with Gasteiger partial charge < -0.3 is 14.9 Å². The smallest absolute Gasteiger partial charge is 0.355 e. The lowest BCUT2D eigenvalue weighted by atomic mass is 10.0. The van der Waals surface area contributed by atoms with E-state index in [0.29, 0.717) is 41.2 Å². The van der Waals surface area contributed by atoms with Crippen molar-refractivity contribution in [3.8, 4) is 16.9 Å². The fourth-order valence-corrected chi connectivity index (χ4v) is 5.98. The third-order valence-corrected chi connectivity index (χ3v) is 8.14. The molecule has 43 heavy (non-hydrogen) atoms. The Bertz CT molecular complexity index is 1840. The second-order valence-corrected chi connectivity index (χ2v) is 11.6. The molecule has 1 aliphatic rings. The molecule has 4 heterocycles. The Hall–Kier alpha value is -4.57. The molecule has 0 radical (unpaired) electrons. The minimum absolute atomic E-state index is 0.0209. The number of carboxylic acids is 1. The second kappa shape index (κ2) is 11.6. The molecule has 1 N–H and O–H groups in total. The highest BCUT2D eigenvalue weighted by Crippen LogP contribution is 2.37. The van der Waals surface area contributed by atoms with Crippen LogP contribution in [0.4, 0.5) is 5.82 Å². The van der Waals surface area contributed by atoms with E-state index in [1.54, 1.807) is 35.4 Å². The van der Waals surface area contributed by atoms with Crippen LogP contribution in [-0.4, -0.2) is 66.6 Å². The SMILES string of the molecule is C=CC(=O)N1C[C@H](C)N(c2nc(=O)n(-c3c(C)ccnc3C(C)C)c3nc(-c4ccccc4C(=O)O)c(Cl)cc23)C[C@H]1C. The summed E-state index contributed by atoms with van der Waals surface area (Å²) in [5, 5.41) is 10.6. The Morgan fingerprint density at radius 2 is 1.84 bits per heavy atom. The molecule has 4 aromatic rings. The Morgan fingerprint density at radius 1 is 1.12 bits per heavy atom. The van der Waals surface area contributed by atoms with Crippen molar-refractivity contribution in [2.75, 3.05) is 18.0 Å². The van der Waals surface area contributed by atoms with E-state index < -0.39 is 11.7 Å². The molecule has 5 rings (SSSR count). The summed E-state index contributed by atoms with van der Waals surface area (Å²) in [4.78, 5) is 56.5. The molecule has 0 unspecified atom stereocenters. The molecule has 0 aliphatic carbocycles. The van der Waals surface area contributed by atoms with E-state index in [-0.39, 0.29) is 45.8 Å². The summed E-state index contributed by atoms with van der Waals surface area (Å²) < 4.78 is 1.45. The van der Waals surface area contributed by atoms with Gasteiger partial charge in [0.25, 0.3) is 0 Å². The van der Waals surface area contributed by atoms with Crippen molar-refractivity contribution < 1.29 is 14.7 Å². The molecule has 3 aromatic heterocycles. The van der Waals surface area contributed by atoms with Crippen molar-refractivity contribution >= 4 is 40.3 Å². The molecule has 1 aromatic carbocycles. The van der Waals surface area contributed by atoms with Gasteiger partial charge in [-0.3, -0.25) is 9.78 Å². The van der Waals surface area contributed by atoms with Crippen LogP contribution in [0.2, 0.25) is 5.02 Å². The maximum atomic E-state index is 14.1. The summed E-state index contributed by atoms with van der Waals surface area (Å²) in [6.45, 7) is 14.2. The molecule has 11 heteroatoms. The Morgan fingerprint density at radius 3 is 2.51 bits per heavy atom. The van der Waals surface area contributed by atoms with Crippen LogP contribution in [-0.2, 0) is 4.79 Å². The summed E-state index contributed by atoms with van der Waals surface area (Å²) in [5.74, 6) is -0.915. The van der Waals surface area contributed by atoms with Crippen molar-refractivity contribution in [1.82, 2.24) is 24.4 Å². The normalized spacial score (nSPS) is 17.0. The van der Waals surface area contributed by atoms with Crippen molar-refractivity contribution in [1.29, 1.82) is 0 Å². The van der Waals surface area contributed by atoms with Crippen LogP contribution < -0.4 is 10.6 Å². The molecule has 0 spiro atoms. The van der Waals surface area contributed by atoms with Crippen LogP contribution in [0.1, 0.15) is 55.2 Å². The monoisotopic (exact) mass is 600 g/mol. The van der Waals surface area contributed by atoms with Crippen LogP contribution in [0, 0.1) is 6.92 Å². The first kappa shape index (κ1) is 29.9. The van der Waals surface area contributed by atoms with Crippen LogP contribution in [0.3, 0.4) is 0 Å². The molecule has 0 saturated carbocycles. The fourth-order valence-electron chi connectivity index (χ4n) is 5.72. The van der Waals surface area contributed by atoms with Gasteiger partial charge in [0.15, 0.2) is 5.65 Å². The van der Waals surface area contributed by atoms with Crippen molar-refractivity contribution in [3.63, 3.8) is 0 Å². The number of fused-ring (bicyclic) bond motifs is 1. The number of carbonyl (C=O) groups is 2. The summed E-state index contributed by atoms with van der Waals surface area (Å²) >= 11 is 6.86. The predicted molar refractivity (Wildman–Crippen MR) is 167 cm³/mol. The van der Waals surface area contributed by atoms with Gasteiger partial charge in [-0.1, -0.05) is 50.2 Å². The zero-order valence-corrected chi connectivity index (χ0v) is 25.5. The van der Waals surface area contributed by atoms with Gasteiger partial charge in [0, 0.05) is 36.9 Å². The average Bonchev–Trinajstić information content (AvgIpc) is 2.97. The molecule has 1 aliphatic heterocycles. The van der Waals surface area contributed by atoms with E-state index in [0.717, 1.165) is 5.56 Å². The topological polar surface area (TPSA) is 122 Å². The van der Waals surface area contributed by atoms with Gasteiger partial charge in [0.1, 0.15) is 5.82 Å². The van der Waals surface area contributed by atoms with Crippen LogP contribution in [0.15, 0.2) is 60.0 Å². The number of amides is 1. The number of carboxylic acid groups (broad SMARTS) is 1. The van der Waals surface area contributed by atoms with Gasteiger partial charge in [-0.2, -0.15) is 4.98 Å². The summed E-state index contributed by atoms with van der Waals surface area (Å²) in [6, 6.07) is 9.61. The number of carbonyl (C=O) groups excluding carboxylic acids is 1. The summed E-state index contributed by atoms with van der Waals surface area (Å²) in [6.07, 6.45) is 3.01. The molecule has 0 bridgehead atoms. The largest absolute Gasteiger partial charge is 0.478 e. The maximum Gasteiger partial charge on any atom is 0.355 e. The van der Waals surface area contributed by atoms with Crippen molar-refractivity contribution in [2.24, 2.45) is 0 Å². The minimum atomic E-state index is -1.12. The molecule has 1 fully saturated rings. The van der Waals surface area contributed by atoms with Crippen molar-refractivity contribution in [3.05, 3.63) is 87.6 Å². The number of benzene rings is 1. The highest BCUT2D eigenvalue weighted by Gasteiger charge is 2.34.